The Labute approximate surface area is 107 Å². The molecule has 0 saturated heterocycles. The van der Waals surface area contributed by atoms with Crippen LogP contribution in [0.4, 0.5) is 0 Å². The first-order chi connectivity index (χ1) is 7.70. The minimum absolute atomic E-state index is 0.280. The van der Waals surface area contributed by atoms with Crippen molar-refractivity contribution in [3.05, 3.63) is 33.8 Å². The molecular formula is C13H20BrNO. The summed E-state index contributed by atoms with van der Waals surface area (Å²) in [5.74, 6) is 0. The van der Waals surface area contributed by atoms with E-state index in [0.717, 1.165) is 24.2 Å². The SMILES string of the molecule is CCNC(COCC)c1cccc(Br)c1C. The van der Waals surface area contributed by atoms with Crippen molar-refractivity contribution in [2.45, 2.75) is 26.8 Å². The van der Waals surface area contributed by atoms with Gasteiger partial charge in [0.05, 0.1) is 12.6 Å². The second-order valence-electron chi connectivity index (χ2n) is 3.72. The van der Waals surface area contributed by atoms with E-state index in [1.54, 1.807) is 0 Å². The Hall–Kier alpha value is -0.380. The predicted octanol–water partition coefficient (Wildman–Crippen LogP) is 3.44. The summed E-state index contributed by atoms with van der Waals surface area (Å²) in [7, 11) is 0. The van der Waals surface area contributed by atoms with Crippen molar-refractivity contribution in [3.8, 4) is 0 Å². The van der Waals surface area contributed by atoms with E-state index in [1.165, 1.54) is 11.1 Å². The van der Waals surface area contributed by atoms with Crippen molar-refractivity contribution in [1.82, 2.24) is 5.32 Å². The fraction of sp³-hybridized carbons (Fsp3) is 0.538. The van der Waals surface area contributed by atoms with E-state index in [-0.39, 0.29) is 6.04 Å². The lowest BCUT2D eigenvalue weighted by Crippen LogP contribution is -2.26. The largest absolute Gasteiger partial charge is 0.380 e. The van der Waals surface area contributed by atoms with Gasteiger partial charge in [0.2, 0.25) is 0 Å². The maximum atomic E-state index is 5.52. The Balaban J connectivity index is 2.86. The quantitative estimate of drug-likeness (QED) is 0.865. The smallest absolute Gasteiger partial charge is 0.0661 e. The van der Waals surface area contributed by atoms with Gasteiger partial charge < -0.3 is 10.1 Å². The maximum absolute atomic E-state index is 5.52. The molecule has 0 bridgehead atoms. The molecule has 0 saturated carbocycles. The summed E-state index contributed by atoms with van der Waals surface area (Å²) in [5, 5.41) is 3.46. The molecule has 0 fully saturated rings. The summed E-state index contributed by atoms with van der Waals surface area (Å²) in [6, 6.07) is 6.58. The number of ether oxygens (including phenoxy) is 1. The molecule has 1 rings (SSSR count). The van der Waals surface area contributed by atoms with Gasteiger partial charge in [-0.2, -0.15) is 0 Å². The van der Waals surface area contributed by atoms with Crippen molar-refractivity contribution in [3.63, 3.8) is 0 Å². The highest BCUT2D eigenvalue weighted by atomic mass is 79.9. The van der Waals surface area contributed by atoms with Gasteiger partial charge in [0.1, 0.15) is 0 Å². The van der Waals surface area contributed by atoms with Gasteiger partial charge >= 0.3 is 0 Å². The molecule has 90 valence electrons. The van der Waals surface area contributed by atoms with Gasteiger partial charge in [-0.25, -0.2) is 0 Å². The van der Waals surface area contributed by atoms with Crippen molar-refractivity contribution >= 4 is 15.9 Å². The van der Waals surface area contributed by atoms with Crippen LogP contribution in [0.2, 0.25) is 0 Å². The first-order valence-corrected chi connectivity index (χ1v) is 6.56. The fourth-order valence-electron chi connectivity index (χ4n) is 1.74. The van der Waals surface area contributed by atoms with Crippen LogP contribution in [0, 0.1) is 6.92 Å². The first kappa shape index (κ1) is 13.7. The standard InChI is InChI=1S/C13H20BrNO/c1-4-15-13(9-16-5-2)11-7-6-8-12(14)10(11)3/h6-8,13,15H,4-5,9H2,1-3H3. The van der Waals surface area contributed by atoms with Gasteiger partial charge in [0.15, 0.2) is 0 Å². The average Bonchev–Trinajstić information content (AvgIpc) is 2.28. The van der Waals surface area contributed by atoms with Crippen LogP contribution in [-0.2, 0) is 4.74 Å². The monoisotopic (exact) mass is 285 g/mol. The molecule has 0 aliphatic carbocycles. The molecule has 1 N–H and O–H groups in total. The van der Waals surface area contributed by atoms with Crippen LogP contribution in [0.5, 0.6) is 0 Å². The van der Waals surface area contributed by atoms with Crippen molar-refractivity contribution in [2.24, 2.45) is 0 Å². The minimum atomic E-state index is 0.280. The molecule has 1 unspecified atom stereocenters. The number of rotatable bonds is 6. The van der Waals surface area contributed by atoms with Crippen molar-refractivity contribution in [2.75, 3.05) is 19.8 Å². The number of benzene rings is 1. The van der Waals surface area contributed by atoms with Gasteiger partial charge in [0, 0.05) is 11.1 Å². The summed E-state index contributed by atoms with van der Waals surface area (Å²) in [4.78, 5) is 0. The van der Waals surface area contributed by atoms with E-state index < -0.39 is 0 Å². The zero-order valence-corrected chi connectivity index (χ0v) is 11.8. The number of hydrogen-bond acceptors (Lipinski definition) is 2. The Morgan fingerprint density at radius 3 is 2.75 bits per heavy atom. The molecule has 0 aliphatic heterocycles. The molecule has 1 aromatic carbocycles. The van der Waals surface area contributed by atoms with E-state index in [1.807, 2.05) is 6.92 Å². The topological polar surface area (TPSA) is 21.3 Å². The molecule has 0 amide bonds. The van der Waals surface area contributed by atoms with Crippen LogP contribution in [0.1, 0.15) is 31.0 Å². The highest BCUT2D eigenvalue weighted by molar-refractivity contribution is 9.10. The van der Waals surface area contributed by atoms with Crippen LogP contribution in [0.3, 0.4) is 0 Å². The average molecular weight is 286 g/mol. The third kappa shape index (κ3) is 3.58. The molecule has 2 nitrogen and oxygen atoms in total. The van der Waals surface area contributed by atoms with E-state index in [4.69, 9.17) is 4.74 Å². The Kier molecular flexibility index (Phi) is 6.03. The molecule has 16 heavy (non-hydrogen) atoms. The lowest BCUT2D eigenvalue weighted by molar-refractivity contribution is 0.123. The summed E-state index contributed by atoms with van der Waals surface area (Å²) in [6.07, 6.45) is 0. The van der Waals surface area contributed by atoms with Crippen molar-refractivity contribution < 1.29 is 4.74 Å². The lowest BCUT2D eigenvalue weighted by Gasteiger charge is -2.20. The van der Waals surface area contributed by atoms with Crippen molar-refractivity contribution in [1.29, 1.82) is 0 Å². The maximum Gasteiger partial charge on any atom is 0.0661 e. The van der Waals surface area contributed by atoms with Gasteiger partial charge in [0.25, 0.3) is 0 Å². The van der Waals surface area contributed by atoms with E-state index >= 15 is 0 Å². The van der Waals surface area contributed by atoms with Crippen LogP contribution in [-0.4, -0.2) is 19.8 Å². The zero-order chi connectivity index (χ0) is 12.0. The second kappa shape index (κ2) is 7.05. The number of nitrogens with one attached hydrogen (secondary N) is 1. The molecular weight excluding hydrogens is 266 g/mol. The molecule has 1 aromatic rings. The molecule has 0 aromatic heterocycles. The summed E-state index contributed by atoms with van der Waals surface area (Å²) < 4.78 is 6.68. The zero-order valence-electron chi connectivity index (χ0n) is 10.2. The van der Waals surface area contributed by atoms with E-state index in [2.05, 4.69) is 53.3 Å². The highest BCUT2D eigenvalue weighted by Gasteiger charge is 2.13. The Morgan fingerprint density at radius 1 is 1.38 bits per heavy atom. The van der Waals surface area contributed by atoms with E-state index in [0.29, 0.717) is 0 Å². The summed E-state index contributed by atoms with van der Waals surface area (Å²) in [5.41, 5.74) is 2.60. The van der Waals surface area contributed by atoms with Crippen LogP contribution < -0.4 is 5.32 Å². The molecule has 3 heteroatoms. The summed E-state index contributed by atoms with van der Waals surface area (Å²) >= 11 is 3.57. The summed E-state index contributed by atoms with van der Waals surface area (Å²) in [6.45, 7) is 8.71. The minimum Gasteiger partial charge on any atom is -0.380 e. The second-order valence-corrected chi connectivity index (χ2v) is 4.58. The third-order valence-corrected chi connectivity index (χ3v) is 3.48. The number of halogens is 1. The normalized spacial score (nSPS) is 12.8. The van der Waals surface area contributed by atoms with Crippen LogP contribution in [0.15, 0.2) is 22.7 Å². The molecule has 0 heterocycles. The predicted molar refractivity (Wildman–Crippen MR) is 71.8 cm³/mol. The Bertz CT molecular complexity index is 328. The molecule has 1 atom stereocenters. The van der Waals surface area contributed by atoms with Gasteiger partial charge in [-0.3, -0.25) is 0 Å². The molecule has 0 radical (unpaired) electrons. The number of hydrogen-bond donors (Lipinski definition) is 1. The van der Waals surface area contributed by atoms with Gasteiger partial charge in [-0.05, 0) is 37.6 Å². The molecule has 0 aliphatic rings. The number of likely N-dealkylation sites (N-methyl/N-ethyl adjacent to an activating group) is 1. The third-order valence-electron chi connectivity index (χ3n) is 2.62. The van der Waals surface area contributed by atoms with Gasteiger partial charge in [-0.15, -0.1) is 0 Å². The Morgan fingerprint density at radius 2 is 2.12 bits per heavy atom. The molecule has 0 spiro atoms. The first-order valence-electron chi connectivity index (χ1n) is 5.76. The highest BCUT2D eigenvalue weighted by Crippen LogP contribution is 2.24. The van der Waals surface area contributed by atoms with E-state index in [9.17, 15) is 0 Å². The van der Waals surface area contributed by atoms with Crippen LogP contribution in [0.25, 0.3) is 0 Å². The van der Waals surface area contributed by atoms with Crippen LogP contribution >= 0.6 is 15.9 Å². The van der Waals surface area contributed by atoms with Gasteiger partial charge in [-0.1, -0.05) is 35.0 Å². The lowest BCUT2D eigenvalue weighted by atomic mass is 10.0. The fourth-order valence-corrected chi connectivity index (χ4v) is 2.12.